The molecule has 86 heavy (non-hydrogen) atoms. The van der Waals surface area contributed by atoms with Crippen molar-refractivity contribution in [2.45, 2.75) is 71.4 Å². The van der Waals surface area contributed by atoms with E-state index in [0.717, 1.165) is 59.3 Å². The number of rotatable bonds is 19. The second kappa shape index (κ2) is 29.2. The standard InChI is InChI=1S/C33H28N2O6S2.C28H27N3O3S.C4H8O.C2H7N/c1-24-14-17-28(18-15-24)43(38,39)41-21-20-40-27-16-19-31-30(22-27)33(34-35(31)23-25-8-3-2-4-9-25)42(36,37)32-13-7-11-26-10-5-6-12-29(26)32;1-2-29-17-18-34-23-15-16-26-25(19-23)28(30-31(26)20-21-9-4-3-5-10-21)35(32,33)27-14-8-12-22-11-6-7-13-24(22)27;1-2-4-5-3-1;1-2-3/h2-19,22H,20-21,23H2,1H3;3-16,19,29H,2,17-18,20H2,1H3;1-4H2;2-3H2,1H3. The van der Waals surface area contributed by atoms with Crippen LogP contribution in [-0.4, -0.2) is 97.5 Å². The predicted octanol–water partition coefficient (Wildman–Crippen LogP) is 12.0. The molecule has 0 amide bonds. The minimum atomic E-state index is -4.05. The molecule has 0 spiro atoms. The first kappa shape index (κ1) is 62.3. The molecule has 446 valence electrons. The lowest BCUT2D eigenvalue weighted by molar-refractivity contribution is 0.198. The van der Waals surface area contributed by atoms with Gasteiger partial charge in [-0.15, -0.1) is 0 Å². The number of benzene rings is 9. The first-order valence-electron chi connectivity index (χ1n) is 28.5. The highest BCUT2D eigenvalue weighted by molar-refractivity contribution is 7.92. The lowest BCUT2D eigenvalue weighted by atomic mass is 10.1. The van der Waals surface area contributed by atoms with E-state index in [4.69, 9.17) is 24.1 Å². The van der Waals surface area contributed by atoms with E-state index in [1.54, 1.807) is 82.2 Å². The summed E-state index contributed by atoms with van der Waals surface area (Å²) in [5.74, 6) is 0.974. The number of hydrogen-bond donors (Lipinski definition) is 2. The summed E-state index contributed by atoms with van der Waals surface area (Å²) in [6, 6.07) is 61.9. The molecule has 0 aliphatic carbocycles. The van der Waals surface area contributed by atoms with Gasteiger partial charge in [0.1, 0.15) is 31.3 Å². The fourth-order valence-corrected chi connectivity index (χ4v) is 13.8. The first-order chi connectivity index (χ1) is 41.7. The number of aromatic nitrogens is 4. The van der Waals surface area contributed by atoms with Gasteiger partial charge in [-0.1, -0.05) is 165 Å². The van der Waals surface area contributed by atoms with E-state index in [1.165, 1.54) is 25.0 Å². The zero-order valence-electron chi connectivity index (χ0n) is 48.3. The zero-order chi connectivity index (χ0) is 60.5. The summed E-state index contributed by atoms with van der Waals surface area (Å²) in [6.07, 6.45) is 2.56. The fraction of sp³-hybridized carbons (Fsp3) is 0.224. The molecule has 11 aromatic rings. The van der Waals surface area contributed by atoms with Gasteiger partial charge in [0.2, 0.25) is 19.7 Å². The molecule has 12 rings (SSSR count). The van der Waals surface area contributed by atoms with E-state index in [2.05, 4.69) is 15.5 Å². The van der Waals surface area contributed by atoms with Gasteiger partial charge in [-0.2, -0.15) is 18.6 Å². The summed E-state index contributed by atoms with van der Waals surface area (Å²) >= 11 is 0. The van der Waals surface area contributed by atoms with Crippen molar-refractivity contribution in [2.75, 3.05) is 52.7 Å². The quantitative estimate of drug-likeness (QED) is 0.0569. The number of nitrogens with one attached hydrogen (secondary N) is 1. The van der Waals surface area contributed by atoms with Gasteiger partial charge < -0.3 is 25.3 Å². The largest absolute Gasteiger partial charge is 0.492 e. The number of sulfone groups is 2. The molecule has 16 nitrogen and oxygen atoms in total. The molecule has 3 heterocycles. The summed E-state index contributed by atoms with van der Waals surface area (Å²) in [6.45, 7) is 11.2. The second-order valence-electron chi connectivity index (χ2n) is 20.1. The van der Waals surface area contributed by atoms with E-state index in [-0.39, 0.29) is 38.0 Å². The summed E-state index contributed by atoms with van der Waals surface area (Å²) in [5.41, 5.74) is 9.15. The van der Waals surface area contributed by atoms with E-state index in [0.29, 0.717) is 64.8 Å². The monoisotopic (exact) mass is 1210 g/mol. The average molecular weight is 1220 g/mol. The molecule has 0 atom stereocenters. The van der Waals surface area contributed by atoms with Crippen LogP contribution in [0, 0.1) is 6.92 Å². The predicted molar refractivity (Wildman–Crippen MR) is 338 cm³/mol. The fourth-order valence-electron chi connectivity index (χ4n) is 9.66. The van der Waals surface area contributed by atoms with E-state index >= 15 is 0 Å². The number of fused-ring (bicyclic) bond motifs is 4. The third kappa shape index (κ3) is 15.2. The molecule has 1 aliphatic heterocycles. The van der Waals surface area contributed by atoms with Crippen LogP contribution in [0.5, 0.6) is 11.5 Å². The van der Waals surface area contributed by atoms with Gasteiger partial charge >= 0.3 is 0 Å². The van der Waals surface area contributed by atoms with Crippen molar-refractivity contribution in [3.05, 3.63) is 223 Å². The van der Waals surface area contributed by atoms with Gasteiger partial charge in [-0.05, 0) is 115 Å². The van der Waals surface area contributed by atoms with Gasteiger partial charge in [0, 0.05) is 41.3 Å². The maximum atomic E-state index is 14.2. The van der Waals surface area contributed by atoms with Crippen LogP contribution < -0.4 is 20.5 Å². The molecular weight excluding hydrogens is 1140 g/mol. The highest BCUT2D eigenvalue weighted by Gasteiger charge is 2.30. The lowest BCUT2D eigenvalue weighted by Crippen LogP contribution is -2.20. The second-order valence-corrected chi connectivity index (χ2v) is 25.4. The van der Waals surface area contributed by atoms with Gasteiger partial charge in [-0.25, -0.2) is 16.8 Å². The molecule has 1 fully saturated rings. The van der Waals surface area contributed by atoms with Gasteiger partial charge in [0.15, 0.2) is 10.1 Å². The van der Waals surface area contributed by atoms with E-state index < -0.39 is 29.8 Å². The molecule has 1 aliphatic rings. The molecule has 0 radical (unpaired) electrons. The SMILES string of the molecule is C1CCOC1.CCN.CCNCCOc1ccc2c(c1)c(S(=O)(=O)c1cccc3ccccc13)nn2Cc1ccccc1.Cc1ccc(S(=O)(=O)OCCOc2ccc3c(c2)c(S(=O)(=O)c2cccc4ccccc24)nn3Cc2ccccc2)cc1. The van der Waals surface area contributed by atoms with Crippen molar-refractivity contribution in [1.82, 2.24) is 24.9 Å². The average Bonchev–Trinajstić information content (AvgIpc) is 1.95. The molecule has 0 saturated carbocycles. The highest BCUT2D eigenvalue weighted by atomic mass is 32.2. The highest BCUT2D eigenvalue weighted by Crippen LogP contribution is 2.36. The Kier molecular flexibility index (Phi) is 21.2. The minimum absolute atomic E-state index is 0.0388. The molecular formula is C67H70N6O10S3. The molecule has 0 bridgehead atoms. The van der Waals surface area contributed by atoms with Crippen LogP contribution >= 0.6 is 0 Å². The van der Waals surface area contributed by atoms with Crippen LogP contribution in [0.25, 0.3) is 43.4 Å². The molecule has 2 aromatic heterocycles. The van der Waals surface area contributed by atoms with Crippen LogP contribution in [-0.2, 0) is 51.8 Å². The Hall–Kier alpha value is -8.27. The zero-order valence-corrected chi connectivity index (χ0v) is 50.7. The number of ether oxygens (including phenoxy) is 3. The Morgan fingerprint density at radius 2 is 0.953 bits per heavy atom. The number of aryl methyl sites for hydroxylation is 1. The number of nitrogens with two attached hydrogens (primary N) is 1. The van der Waals surface area contributed by atoms with Crippen LogP contribution in [0.2, 0.25) is 0 Å². The molecule has 1 saturated heterocycles. The Morgan fingerprint density at radius 3 is 1.41 bits per heavy atom. The molecule has 19 heteroatoms. The molecule has 3 N–H and O–H groups in total. The van der Waals surface area contributed by atoms with Crippen molar-refractivity contribution < 1.29 is 43.6 Å². The maximum Gasteiger partial charge on any atom is 0.297 e. The summed E-state index contributed by atoms with van der Waals surface area (Å²) in [4.78, 5) is 0.479. The van der Waals surface area contributed by atoms with Crippen LogP contribution in [0.1, 0.15) is 43.4 Å². The van der Waals surface area contributed by atoms with Gasteiger partial charge in [0.25, 0.3) is 10.1 Å². The van der Waals surface area contributed by atoms with Crippen LogP contribution in [0.4, 0.5) is 0 Å². The van der Waals surface area contributed by atoms with Crippen molar-refractivity contribution in [1.29, 1.82) is 0 Å². The number of nitrogens with zero attached hydrogens (tertiary/aromatic N) is 4. The number of hydrogen-bond acceptors (Lipinski definition) is 14. The normalized spacial score (nSPS) is 12.5. The summed E-state index contributed by atoms with van der Waals surface area (Å²) in [5, 5.41) is 16.4. The third-order valence-electron chi connectivity index (χ3n) is 13.8. The van der Waals surface area contributed by atoms with Crippen LogP contribution in [0.15, 0.2) is 231 Å². The smallest absolute Gasteiger partial charge is 0.297 e. The molecule has 9 aromatic carbocycles. The Balaban J connectivity index is 0.000000185. The summed E-state index contributed by atoms with van der Waals surface area (Å²) in [7, 11) is -11.9. The summed E-state index contributed by atoms with van der Waals surface area (Å²) < 4.78 is 107. The third-order valence-corrected chi connectivity index (χ3v) is 18.7. The Morgan fingerprint density at radius 1 is 0.512 bits per heavy atom. The molecule has 0 unspecified atom stereocenters. The minimum Gasteiger partial charge on any atom is -0.492 e. The Bertz CT molecular complexity index is 4370. The topological polar surface area (TPSA) is 213 Å². The van der Waals surface area contributed by atoms with Crippen molar-refractivity contribution >= 4 is 73.1 Å². The maximum absolute atomic E-state index is 14.2. The van der Waals surface area contributed by atoms with Crippen molar-refractivity contribution in [3.63, 3.8) is 0 Å². The Labute approximate surface area is 503 Å². The lowest BCUT2D eigenvalue weighted by Gasteiger charge is -2.09. The van der Waals surface area contributed by atoms with Crippen molar-refractivity contribution in [2.24, 2.45) is 5.73 Å². The first-order valence-corrected chi connectivity index (χ1v) is 32.8. The van der Waals surface area contributed by atoms with Crippen LogP contribution in [0.3, 0.4) is 0 Å². The van der Waals surface area contributed by atoms with Gasteiger partial charge in [-0.3, -0.25) is 13.5 Å². The number of likely N-dealkylation sites (N-methyl/N-ethyl adjacent to an activating group) is 1. The van der Waals surface area contributed by atoms with Gasteiger partial charge in [0.05, 0.1) is 38.8 Å². The van der Waals surface area contributed by atoms with Crippen molar-refractivity contribution in [3.8, 4) is 11.5 Å². The van der Waals surface area contributed by atoms with E-state index in [1.807, 2.05) is 142 Å². The van der Waals surface area contributed by atoms with E-state index in [9.17, 15) is 25.3 Å².